The Labute approximate surface area is 172 Å². The van der Waals surface area contributed by atoms with Crippen LogP contribution in [-0.4, -0.2) is 47.7 Å². The Morgan fingerprint density at radius 2 is 2.00 bits per heavy atom. The number of likely N-dealkylation sites (tertiary alicyclic amines) is 1. The minimum Gasteiger partial charge on any atom is -0.441 e. The molecule has 1 amide bonds. The molecule has 3 rings (SSSR count). The molecular weight excluding hydrogens is 370 g/mol. The van der Waals surface area contributed by atoms with Gasteiger partial charge in [0.15, 0.2) is 0 Å². The van der Waals surface area contributed by atoms with Crippen LogP contribution >= 0.6 is 11.8 Å². The van der Waals surface area contributed by atoms with E-state index in [1.165, 1.54) is 44.3 Å². The quantitative estimate of drug-likeness (QED) is 0.719. The number of oxazole rings is 1. The molecule has 1 fully saturated rings. The zero-order valence-electron chi connectivity index (χ0n) is 17.0. The molecule has 0 radical (unpaired) electrons. The van der Waals surface area contributed by atoms with Crippen LogP contribution in [-0.2, 0) is 10.5 Å². The van der Waals surface area contributed by atoms with Crippen LogP contribution in [0.3, 0.4) is 0 Å². The number of amides is 1. The predicted molar refractivity (Wildman–Crippen MR) is 115 cm³/mol. The summed E-state index contributed by atoms with van der Waals surface area (Å²) in [6, 6.07) is 8.14. The van der Waals surface area contributed by atoms with Crippen LogP contribution in [0.2, 0.25) is 0 Å². The van der Waals surface area contributed by atoms with Gasteiger partial charge in [0, 0.05) is 24.4 Å². The maximum Gasteiger partial charge on any atom is 0.230 e. The molecule has 0 spiro atoms. The molecule has 2 aromatic rings. The van der Waals surface area contributed by atoms with Gasteiger partial charge in [0.25, 0.3) is 0 Å². The van der Waals surface area contributed by atoms with Crippen molar-refractivity contribution >= 4 is 17.7 Å². The third-order valence-electron chi connectivity index (χ3n) is 5.08. The summed E-state index contributed by atoms with van der Waals surface area (Å²) in [5, 5.41) is 3.04. The number of thioether (sulfide) groups is 1. The van der Waals surface area contributed by atoms with E-state index in [0.717, 1.165) is 30.1 Å². The third-order valence-corrected chi connectivity index (χ3v) is 6.02. The molecule has 28 heavy (non-hydrogen) atoms. The first kappa shape index (κ1) is 20.9. The van der Waals surface area contributed by atoms with Crippen molar-refractivity contribution in [3.05, 3.63) is 41.3 Å². The maximum atomic E-state index is 12.1. The van der Waals surface area contributed by atoms with Crippen molar-refractivity contribution in [2.75, 3.05) is 31.9 Å². The summed E-state index contributed by atoms with van der Waals surface area (Å²) in [6.07, 6.45) is 5.25. The molecular formula is C22H31N3O2S. The van der Waals surface area contributed by atoms with Gasteiger partial charge in [-0.2, -0.15) is 0 Å². The van der Waals surface area contributed by atoms with E-state index in [1.54, 1.807) is 11.8 Å². The van der Waals surface area contributed by atoms with E-state index in [4.69, 9.17) is 4.42 Å². The number of rotatable bonds is 8. The predicted octanol–water partition coefficient (Wildman–Crippen LogP) is 4.18. The van der Waals surface area contributed by atoms with Crippen molar-refractivity contribution in [2.45, 2.75) is 45.3 Å². The lowest BCUT2D eigenvalue weighted by Crippen LogP contribution is -2.36. The van der Waals surface area contributed by atoms with E-state index in [9.17, 15) is 4.79 Å². The summed E-state index contributed by atoms with van der Waals surface area (Å²) in [5.74, 6) is 2.71. The van der Waals surface area contributed by atoms with Crippen LogP contribution in [0.15, 0.2) is 28.7 Å². The number of carbonyl (C=O) groups excluding carboxylic acids is 1. The van der Waals surface area contributed by atoms with Gasteiger partial charge >= 0.3 is 0 Å². The second-order valence-electron chi connectivity index (χ2n) is 7.49. The zero-order valence-corrected chi connectivity index (χ0v) is 17.8. The topological polar surface area (TPSA) is 58.4 Å². The zero-order chi connectivity index (χ0) is 19.8. The number of benzene rings is 1. The number of aromatic nitrogens is 1. The Morgan fingerprint density at radius 3 is 2.75 bits per heavy atom. The van der Waals surface area contributed by atoms with Gasteiger partial charge in [-0.3, -0.25) is 4.79 Å². The molecule has 1 saturated heterocycles. The fourth-order valence-electron chi connectivity index (χ4n) is 3.47. The van der Waals surface area contributed by atoms with Gasteiger partial charge in [-0.05, 0) is 51.9 Å². The Kier molecular flexibility index (Phi) is 7.98. The molecule has 1 aliphatic rings. The van der Waals surface area contributed by atoms with Crippen molar-refractivity contribution in [1.29, 1.82) is 0 Å². The first-order valence-corrected chi connectivity index (χ1v) is 11.4. The van der Waals surface area contributed by atoms with E-state index in [2.05, 4.69) is 34.3 Å². The normalized spacial score (nSPS) is 15.4. The second kappa shape index (κ2) is 10.7. The number of aryl methyl sites for hydroxylation is 2. The summed E-state index contributed by atoms with van der Waals surface area (Å²) in [7, 11) is 0. The van der Waals surface area contributed by atoms with Crippen molar-refractivity contribution in [3.63, 3.8) is 0 Å². The molecule has 1 aliphatic heterocycles. The SMILES string of the molecule is Cc1cccc(-c2nc(CSCC(=O)NCCN3CCCCCC3)c(C)o2)c1. The highest BCUT2D eigenvalue weighted by Crippen LogP contribution is 2.24. The molecule has 0 bridgehead atoms. The minimum absolute atomic E-state index is 0.0971. The van der Waals surface area contributed by atoms with Crippen molar-refractivity contribution in [2.24, 2.45) is 0 Å². The van der Waals surface area contributed by atoms with Gasteiger partial charge in [-0.25, -0.2) is 4.98 Å². The van der Waals surface area contributed by atoms with Gasteiger partial charge in [-0.1, -0.05) is 30.5 Å². The average molecular weight is 402 g/mol. The average Bonchev–Trinajstić information content (AvgIpc) is 2.87. The Morgan fingerprint density at radius 1 is 1.21 bits per heavy atom. The van der Waals surface area contributed by atoms with E-state index < -0.39 is 0 Å². The molecule has 6 heteroatoms. The smallest absolute Gasteiger partial charge is 0.230 e. The molecule has 0 unspecified atom stereocenters. The number of hydrogen-bond donors (Lipinski definition) is 1. The fourth-order valence-corrected chi connectivity index (χ4v) is 4.32. The number of nitrogens with zero attached hydrogens (tertiary/aromatic N) is 2. The molecule has 0 atom stereocenters. The molecule has 5 nitrogen and oxygen atoms in total. The van der Waals surface area contributed by atoms with E-state index in [0.29, 0.717) is 17.4 Å². The summed E-state index contributed by atoms with van der Waals surface area (Å²) in [6.45, 7) is 8.02. The minimum atomic E-state index is 0.0971. The number of carbonyl (C=O) groups is 1. The highest BCUT2D eigenvalue weighted by Gasteiger charge is 2.13. The van der Waals surface area contributed by atoms with Crippen LogP contribution in [0.4, 0.5) is 0 Å². The highest BCUT2D eigenvalue weighted by molar-refractivity contribution is 7.99. The maximum absolute atomic E-state index is 12.1. The first-order valence-electron chi connectivity index (χ1n) is 10.2. The van der Waals surface area contributed by atoms with Crippen LogP contribution in [0.1, 0.15) is 42.7 Å². The van der Waals surface area contributed by atoms with Crippen LogP contribution in [0, 0.1) is 13.8 Å². The largest absolute Gasteiger partial charge is 0.441 e. The van der Waals surface area contributed by atoms with Crippen molar-refractivity contribution in [1.82, 2.24) is 15.2 Å². The van der Waals surface area contributed by atoms with E-state index >= 15 is 0 Å². The van der Waals surface area contributed by atoms with E-state index in [1.807, 2.05) is 19.1 Å². The number of hydrogen-bond acceptors (Lipinski definition) is 5. The van der Waals surface area contributed by atoms with Gasteiger partial charge in [0.05, 0.1) is 11.4 Å². The number of nitrogens with one attached hydrogen (secondary N) is 1. The monoisotopic (exact) mass is 401 g/mol. The summed E-state index contributed by atoms with van der Waals surface area (Å²) < 4.78 is 5.82. The van der Waals surface area contributed by atoms with Crippen molar-refractivity contribution < 1.29 is 9.21 Å². The van der Waals surface area contributed by atoms with Crippen LogP contribution in [0.25, 0.3) is 11.5 Å². The molecule has 1 N–H and O–H groups in total. The summed E-state index contributed by atoms with van der Waals surface area (Å²) in [5.41, 5.74) is 3.09. The first-order chi connectivity index (χ1) is 13.6. The molecule has 1 aromatic carbocycles. The van der Waals surface area contributed by atoms with Crippen LogP contribution in [0.5, 0.6) is 0 Å². The Balaban J connectivity index is 1.39. The van der Waals surface area contributed by atoms with E-state index in [-0.39, 0.29) is 5.91 Å². The molecule has 2 heterocycles. The lowest BCUT2D eigenvalue weighted by Gasteiger charge is -2.19. The Bertz CT molecular complexity index is 767. The van der Waals surface area contributed by atoms with Gasteiger partial charge in [0.2, 0.25) is 11.8 Å². The van der Waals surface area contributed by atoms with Gasteiger partial charge in [0.1, 0.15) is 5.76 Å². The fraction of sp³-hybridized carbons (Fsp3) is 0.545. The molecule has 152 valence electrons. The highest BCUT2D eigenvalue weighted by atomic mass is 32.2. The standard InChI is InChI=1S/C22H31N3O2S/c1-17-8-7-9-19(14-17)22-24-20(18(2)27-22)15-28-16-21(26)23-10-13-25-11-5-3-4-6-12-25/h7-9,14H,3-6,10-13,15-16H2,1-2H3,(H,23,26). The summed E-state index contributed by atoms with van der Waals surface area (Å²) in [4.78, 5) is 19.2. The molecule has 0 aliphatic carbocycles. The lowest BCUT2D eigenvalue weighted by atomic mass is 10.1. The Hall–Kier alpha value is -1.79. The summed E-state index contributed by atoms with van der Waals surface area (Å²) >= 11 is 1.58. The van der Waals surface area contributed by atoms with Crippen LogP contribution < -0.4 is 5.32 Å². The molecule has 0 saturated carbocycles. The second-order valence-corrected chi connectivity index (χ2v) is 8.48. The molecule has 1 aromatic heterocycles. The van der Waals surface area contributed by atoms with Gasteiger partial charge < -0.3 is 14.6 Å². The third kappa shape index (κ3) is 6.38. The lowest BCUT2D eigenvalue weighted by molar-refractivity contribution is -0.118. The van der Waals surface area contributed by atoms with Gasteiger partial charge in [-0.15, -0.1) is 11.8 Å². The van der Waals surface area contributed by atoms with Crippen molar-refractivity contribution in [3.8, 4) is 11.5 Å².